The Morgan fingerprint density at radius 1 is 1.23 bits per heavy atom. The van der Waals surface area contributed by atoms with Crippen molar-refractivity contribution in [2.75, 3.05) is 31.5 Å². The quantitative estimate of drug-likeness (QED) is 0.888. The van der Waals surface area contributed by atoms with Gasteiger partial charge in [0.05, 0.1) is 0 Å². The Labute approximate surface area is 134 Å². The molecule has 120 valence electrons. The maximum absolute atomic E-state index is 12.3. The van der Waals surface area contributed by atoms with E-state index in [1.54, 1.807) is 10.3 Å². The molecule has 0 unspecified atom stereocenters. The van der Waals surface area contributed by atoms with Gasteiger partial charge in [-0.25, -0.2) is 4.98 Å². The zero-order valence-corrected chi connectivity index (χ0v) is 13.5. The average molecular weight is 322 g/mol. The summed E-state index contributed by atoms with van der Waals surface area (Å²) in [5.74, 6) is 0.108. The van der Waals surface area contributed by atoms with Crippen LogP contribution >= 0.6 is 11.3 Å². The van der Waals surface area contributed by atoms with E-state index in [0.717, 1.165) is 38.8 Å². The Morgan fingerprint density at radius 2 is 1.95 bits per heavy atom. The van der Waals surface area contributed by atoms with E-state index in [1.807, 2.05) is 0 Å². The van der Waals surface area contributed by atoms with E-state index in [1.165, 1.54) is 17.8 Å². The van der Waals surface area contributed by atoms with Crippen LogP contribution in [0.5, 0.6) is 0 Å². The first kappa shape index (κ1) is 15.4. The molecule has 0 spiro atoms. The summed E-state index contributed by atoms with van der Waals surface area (Å²) in [6.07, 6.45) is 5.41. The van der Waals surface area contributed by atoms with Gasteiger partial charge in [-0.3, -0.25) is 9.59 Å². The molecular weight excluding hydrogens is 300 g/mol. The zero-order chi connectivity index (χ0) is 15.4. The second-order valence-corrected chi connectivity index (χ2v) is 6.76. The molecule has 2 heterocycles. The molecule has 1 saturated carbocycles. The van der Waals surface area contributed by atoms with Crippen molar-refractivity contribution in [3.63, 3.8) is 0 Å². The number of nitrogens with one attached hydrogen (secondary N) is 2. The van der Waals surface area contributed by atoms with Crippen molar-refractivity contribution < 1.29 is 9.59 Å². The van der Waals surface area contributed by atoms with Gasteiger partial charge >= 0.3 is 0 Å². The maximum Gasteiger partial charge on any atom is 0.273 e. The van der Waals surface area contributed by atoms with Gasteiger partial charge in [0.15, 0.2) is 5.13 Å². The first-order valence-corrected chi connectivity index (χ1v) is 8.88. The third-order valence-electron chi connectivity index (χ3n) is 4.33. The number of aromatic nitrogens is 1. The van der Waals surface area contributed by atoms with Gasteiger partial charge in [-0.05, 0) is 12.8 Å². The fourth-order valence-corrected chi connectivity index (χ4v) is 3.72. The topological polar surface area (TPSA) is 74.3 Å². The average Bonchev–Trinajstić information content (AvgIpc) is 3.04. The first-order valence-electron chi connectivity index (χ1n) is 8.00. The van der Waals surface area contributed by atoms with Crippen molar-refractivity contribution in [3.8, 4) is 0 Å². The monoisotopic (exact) mass is 322 g/mol. The van der Waals surface area contributed by atoms with E-state index in [2.05, 4.69) is 15.6 Å². The van der Waals surface area contributed by atoms with E-state index in [-0.39, 0.29) is 17.7 Å². The van der Waals surface area contributed by atoms with Gasteiger partial charge in [0, 0.05) is 37.5 Å². The van der Waals surface area contributed by atoms with Crippen LogP contribution in [0, 0.1) is 5.92 Å². The van der Waals surface area contributed by atoms with Crippen molar-refractivity contribution in [1.29, 1.82) is 0 Å². The second kappa shape index (κ2) is 7.19. The number of carbonyl (C=O) groups is 2. The lowest BCUT2D eigenvalue weighted by atomic mass is 9.89. The third kappa shape index (κ3) is 3.64. The highest BCUT2D eigenvalue weighted by Gasteiger charge is 2.24. The fraction of sp³-hybridized carbons (Fsp3) is 0.667. The Bertz CT molecular complexity index is 533. The van der Waals surface area contributed by atoms with Crippen LogP contribution in [0.3, 0.4) is 0 Å². The molecule has 1 aromatic rings. The van der Waals surface area contributed by atoms with Crippen molar-refractivity contribution in [2.45, 2.75) is 32.1 Å². The van der Waals surface area contributed by atoms with Crippen LogP contribution in [-0.4, -0.2) is 47.9 Å². The highest BCUT2D eigenvalue weighted by atomic mass is 32.1. The van der Waals surface area contributed by atoms with Crippen LogP contribution < -0.4 is 10.6 Å². The van der Waals surface area contributed by atoms with Gasteiger partial charge in [0.25, 0.3) is 5.91 Å². The van der Waals surface area contributed by atoms with Gasteiger partial charge < -0.3 is 15.5 Å². The van der Waals surface area contributed by atoms with E-state index in [9.17, 15) is 9.59 Å². The fourth-order valence-electron chi connectivity index (χ4n) is 3.03. The lowest BCUT2D eigenvalue weighted by Crippen LogP contribution is -2.46. The molecule has 1 aromatic heterocycles. The second-order valence-electron chi connectivity index (χ2n) is 5.90. The summed E-state index contributed by atoms with van der Waals surface area (Å²) in [4.78, 5) is 30.6. The van der Waals surface area contributed by atoms with Gasteiger partial charge in [0.1, 0.15) is 5.69 Å². The van der Waals surface area contributed by atoms with Crippen LogP contribution in [0.2, 0.25) is 0 Å². The Hall–Kier alpha value is -1.47. The van der Waals surface area contributed by atoms with E-state index >= 15 is 0 Å². The molecule has 2 aliphatic rings. The summed E-state index contributed by atoms with van der Waals surface area (Å²) in [5, 5.41) is 8.37. The molecule has 0 radical (unpaired) electrons. The number of piperazine rings is 1. The highest BCUT2D eigenvalue weighted by molar-refractivity contribution is 7.14. The molecule has 1 aliphatic carbocycles. The zero-order valence-electron chi connectivity index (χ0n) is 12.6. The minimum atomic E-state index is -0.0454. The lowest BCUT2D eigenvalue weighted by molar-refractivity contribution is -0.120. The summed E-state index contributed by atoms with van der Waals surface area (Å²) in [5.41, 5.74) is 0.436. The summed E-state index contributed by atoms with van der Waals surface area (Å²) in [7, 11) is 0. The molecule has 0 aromatic carbocycles. The van der Waals surface area contributed by atoms with Gasteiger partial charge in [-0.1, -0.05) is 19.3 Å². The smallest absolute Gasteiger partial charge is 0.273 e. The molecule has 2 amide bonds. The predicted molar refractivity (Wildman–Crippen MR) is 86.1 cm³/mol. The van der Waals surface area contributed by atoms with E-state index < -0.39 is 0 Å². The number of hydrogen-bond donors (Lipinski definition) is 2. The number of thiazole rings is 1. The third-order valence-corrected chi connectivity index (χ3v) is 5.09. The number of nitrogens with zero attached hydrogens (tertiary/aromatic N) is 2. The van der Waals surface area contributed by atoms with Crippen LogP contribution in [0.1, 0.15) is 42.6 Å². The molecular formula is C15H22N4O2S. The van der Waals surface area contributed by atoms with Crippen molar-refractivity contribution in [2.24, 2.45) is 5.92 Å². The Kier molecular flexibility index (Phi) is 5.04. The SMILES string of the molecule is O=C(Nc1nc(C(=O)N2CCNCC2)cs1)C1CCCCC1. The van der Waals surface area contributed by atoms with E-state index in [4.69, 9.17) is 0 Å². The number of hydrogen-bond acceptors (Lipinski definition) is 5. The van der Waals surface area contributed by atoms with Gasteiger partial charge in [0.2, 0.25) is 5.91 Å². The summed E-state index contributed by atoms with van der Waals surface area (Å²) in [6.45, 7) is 3.06. The molecule has 7 heteroatoms. The summed E-state index contributed by atoms with van der Waals surface area (Å²) < 4.78 is 0. The molecule has 2 fully saturated rings. The lowest BCUT2D eigenvalue weighted by Gasteiger charge is -2.26. The number of anilines is 1. The van der Waals surface area contributed by atoms with Crippen LogP contribution in [0.4, 0.5) is 5.13 Å². The van der Waals surface area contributed by atoms with Crippen LogP contribution in [-0.2, 0) is 4.79 Å². The minimum Gasteiger partial charge on any atom is -0.335 e. The minimum absolute atomic E-state index is 0.0454. The summed E-state index contributed by atoms with van der Waals surface area (Å²) >= 11 is 1.33. The molecule has 1 aliphatic heterocycles. The van der Waals surface area contributed by atoms with E-state index in [0.29, 0.717) is 23.9 Å². The Morgan fingerprint density at radius 3 is 2.68 bits per heavy atom. The van der Waals surface area contributed by atoms with Crippen molar-refractivity contribution >= 4 is 28.3 Å². The first-order chi connectivity index (χ1) is 10.7. The maximum atomic E-state index is 12.3. The molecule has 6 nitrogen and oxygen atoms in total. The highest BCUT2D eigenvalue weighted by Crippen LogP contribution is 2.26. The predicted octanol–water partition coefficient (Wildman–Crippen LogP) is 1.71. The number of amides is 2. The van der Waals surface area contributed by atoms with Gasteiger partial charge in [-0.2, -0.15) is 0 Å². The van der Waals surface area contributed by atoms with Crippen LogP contribution in [0.25, 0.3) is 0 Å². The largest absolute Gasteiger partial charge is 0.335 e. The van der Waals surface area contributed by atoms with Crippen molar-refractivity contribution in [1.82, 2.24) is 15.2 Å². The number of carbonyl (C=O) groups excluding carboxylic acids is 2. The van der Waals surface area contributed by atoms with Crippen molar-refractivity contribution in [3.05, 3.63) is 11.1 Å². The molecule has 1 saturated heterocycles. The number of rotatable bonds is 3. The summed E-state index contributed by atoms with van der Waals surface area (Å²) in [6, 6.07) is 0. The molecule has 22 heavy (non-hydrogen) atoms. The molecule has 0 atom stereocenters. The van der Waals surface area contributed by atoms with Gasteiger partial charge in [-0.15, -0.1) is 11.3 Å². The Balaban J connectivity index is 1.58. The van der Waals surface area contributed by atoms with Crippen LogP contribution in [0.15, 0.2) is 5.38 Å². The molecule has 2 N–H and O–H groups in total. The standard InChI is InChI=1S/C15H22N4O2S/c20-13(11-4-2-1-3-5-11)18-15-17-12(10-22-15)14(21)19-8-6-16-7-9-19/h10-11,16H,1-9H2,(H,17,18,20). The molecule has 0 bridgehead atoms. The molecule has 3 rings (SSSR count). The normalized spacial score (nSPS) is 19.9.